The maximum absolute atomic E-state index is 12.0. The lowest BCUT2D eigenvalue weighted by atomic mass is 9.98. The Bertz CT molecular complexity index is 396. The number of rotatable bonds is 3. The number of nitrogens with zero attached hydrogens (tertiary/aromatic N) is 1. The van der Waals surface area contributed by atoms with Crippen LogP contribution in [0.25, 0.3) is 0 Å². The number of aromatic nitrogens is 1. The smallest absolute Gasteiger partial charge is 0.263 e. The van der Waals surface area contributed by atoms with Crippen molar-refractivity contribution < 1.29 is 4.79 Å². The van der Waals surface area contributed by atoms with Gasteiger partial charge >= 0.3 is 0 Å². The fourth-order valence-electron chi connectivity index (χ4n) is 2.15. The van der Waals surface area contributed by atoms with E-state index < -0.39 is 0 Å². The fourth-order valence-corrected chi connectivity index (χ4v) is 2.98. The van der Waals surface area contributed by atoms with Crippen molar-refractivity contribution in [2.24, 2.45) is 5.92 Å². The van der Waals surface area contributed by atoms with Crippen molar-refractivity contribution in [1.82, 2.24) is 15.6 Å². The Morgan fingerprint density at radius 1 is 1.47 bits per heavy atom. The quantitative estimate of drug-likeness (QED) is 0.858. The van der Waals surface area contributed by atoms with Crippen molar-refractivity contribution in [3.63, 3.8) is 0 Å². The zero-order valence-electron chi connectivity index (χ0n) is 10.4. The third-order valence-electron chi connectivity index (χ3n) is 3.12. The summed E-state index contributed by atoms with van der Waals surface area (Å²) in [6.45, 7) is 6.75. The average Bonchev–Trinajstić information content (AvgIpc) is 2.67. The SMILES string of the molecule is Cc1nc(C)c(C(=O)NCC2CCNCC2)s1. The highest BCUT2D eigenvalue weighted by molar-refractivity contribution is 7.13. The van der Waals surface area contributed by atoms with E-state index in [-0.39, 0.29) is 5.91 Å². The van der Waals surface area contributed by atoms with Crippen LogP contribution in [-0.2, 0) is 0 Å². The summed E-state index contributed by atoms with van der Waals surface area (Å²) in [4.78, 5) is 17.0. The molecule has 0 radical (unpaired) electrons. The molecule has 1 aromatic heterocycles. The molecule has 0 atom stereocenters. The molecule has 4 nitrogen and oxygen atoms in total. The molecule has 2 rings (SSSR count). The highest BCUT2D eigenvalue weighted by atomic mass is 32.1. The number of nitrogens with one attached hydrogen (secondary N) is 2. The standard InChI is InChI=1S/C12H19N3OS/c1-8-11(17-9(2)15-8)12(16)14-7-10-3-5-13-6-4-10/h10,13H,3-7H2,1-2H3,(H,14,16). The zero-order valence-corrected chi connectivity index (χ0v) is 11.2. The molecule has 2 N–H and O–H groups in total. The summed E-state index contributed by atoms with van der Waals surface area (Å²) in [5.74, 6) is 0.654. The van der Waals surface area contributed by atoms with Gasteiger partial charge in [-0.3, -0.25) is 4.79 Å². The lowest BCUT2D eigenvalue weighted by molar-refractivity contribution is 0.0947. The van der Waals surface area contributed by atoms with Crippen LogP contribution in [-0.4, -0.2) is 30.5 Å². The molecule has 1 aliphatic rings. The predicted molar refractivity (Wildman–Crippen MR) is 69.5 cm³/mol. The van der Waals surface area contributed by atoms with Gasteiger partial charge in [0.15, 0.2) is 0 Å². The summed E-state index contributed by atoms with van der Waals surface area (Å²) in [5.41, 5.74) is 0.843. The van der Waals surface area contributed by atoms with E-state index in [1.165, 1.54) is 11.3 Å². The van der Waals surface area contributed by atoms with Gasteiger partial charge in [-0.25, -0.2) is 4.98 Å². The highest BCUT2D eigenvalue weighted by Gasteiger charge is 2.17. The monoisotopic (exact) mass is 253 g/mol. The minimum absolute atomic E-state index is 0.0339. The van der Waals surface area contributed by atoms with E-state index in [2.05, 4.69) is 15.6 Å². The van der Waals surface area contributed by atoms with Gasteiger partial charge in [0.2, 0.25) is 0 Å². The molecule has 2 heterocycles. The van der Waals surface area contributed by atoms with Crippen LogP contribution in [0.1, 0.15) is 33.2 Å². The number of carbonyl (C=O) groups is 1. The van der Waals surface area contributed by atoms with Gasteiger partial charge in [0.25, 0.3) is 5.91 Å². The number of carbonyl (C=O) groups excluding carboxylic acids is 1. The second-order valence-corrected chi connectivity index (χ2v) is 5.75. The summed E-state index contributed by atoms with van der Waals surface area (Å²) >= 11 is 1.47. The van der Waals surface area contributed by atoms with Gasteiger partial charge in [-0.1, -0.05) is 0 Å². The number of hydrogen-bond donors (Lipinski definition) is 2. The molecule has 0 spiro atoms. The number of hydrogen-bond acceptors (Lipinski definition) is 4. The minimum Gasteiger partial charge on any atom is -0.351 e. The van der Waals surface area contributed by atoms with Crippen LogP contribution in [0.3, 0.4) is 0 Å². The third kappa shape index (κ3) is 3.26. The molecule has 1 saturated heterocycles. The Morgan fingerprint density at radius 2 is 2.18 bits per heavy atom. The largest absolute Gasteiger partial charge is 0.351 e. The van der Waals surface area contributed by atoms with Crippen LogP contribution in [0.15, 0.2) is 0 Å². The molecule has 1 fully saturated rings. The van der Waals surface area contributed by atoms with E-state index in [4.69, 9.17) is 0 Å². The second kappa shape index (κ2) is 5.60. The van der Waals surface area contributed by atoms with Crippen molar-refractivity contribution in [3.05, 3.63) is 15.6 Å². The summed E-state index contributed by atoms with van der Waals surface area (Å²) in [5, 5.41) is 7.31. The van der Waals surface area contributed by atoms with Gasteiger partial charge < -0.3 is 10.6 Å². The molecule has 1 aromatic rings. The van der Waals surface area contributed by atoms with Crippen LogP contribution in [0.5, 0.6) is 0 Å². The van der Waals surface area contributed by atoms with Crippen molar-refractivity contribution in [1.29, 1.82) is 0 Å². The van der Waals surface area contributed by atoms with Crippen molar-refractivity contribution in [2.75, 3.05) is 19.6 Å². The van der Waals surface area contributed by atoms with Crippen LogP contribution in [0.2, 0.25) is 0 Å². The Labute approximate surface area is 106 Å². The molecule has 94 valence electrons. The molecule has 5 heteroatoms. The Hall–Kier alpha value is -0.940. The first kappa shape index (κ1) is 12.5. The maximum Gasteiger partial charge on any atom is 0.263 e. The maximum atomic E-state index is 12.0. The van der Waals surface area contributed by atoms with E-state index >= 15 is 0 Å². The molecular formula is C12H19N3OS. The third-order valence-corrected chi connectivity index (χ3v) is 4.19. The van der Waals surface area contributed by atoms with Gasteiger partial charge in [-0.05, 0) is 45.7 Å². The summed E-state index contributed by atoms with van der Waals surface area (Å²) < 4.78 is 0. The molecular weight excluding hydrogens is 234 g/mol. The van der Waals surface area contributed by atoms with Crippen LogP contribution < -0.4 is 10.6 Å². The van der Waals surface area contributed by atoms with E-state index in [0.717, 1.165) is 48.1 Å². The van der Waals surface area contributed by atoms with Crippen LogP contribution in [0.4, 0.5) is 0 Å². The van der Waals surface area contributed by atoms with Crippen LogP contribution >= 0.6 is 11.3 Å². The summed E-state index contributed by atoms with van der Waals surface area (Å²) in [7, 11) is 0. The van der Waals surface area contributed by atoms with E-state index in [1.807, 2.05) is 13.8 Å². The highest BCUT2D eigenvalue weighted by Crippen LogP contribution is 2.17. The average molecular weight is 253 g/mol. The first-order valence-corrected chi connectivity index (χ1v) is 6.91. The number of piperidine rings is 1. The van der Waals surface area contributed by atoms with Crippen molar-refractivity contribution in [2.45, 2.75) is 26.7 Å². The minimum atomic E-state index is 0.0339. The number of amides is 1. The first-order chi connectivity index (χ1) is 8.16. The summed E-state index contributed by atoms with van der Waals surface area (Å²) in [6.07, 6.45) is 2.31. The summed E-state index contributed by atoms with van der Waals surface area (Å²) in [6, 6.07) is 0. The number of aryl methyl sites for hydroxylation is 2. The van der Waals surface area contributed by atoms with E-state index in [0.29, 0.717) is 5.92 Å². The zero-order chi connectivity index (χ0) is 12.3. The molecule has 0 bridgehead atoms. The van der Waals surface area contributed by atoms with Crippen LogP contribution in [0, 0.1) is 19.8 Å². The molecule has 1 amide bonds. The van der Waals surface area contributed by atoms with Gasteiger partial charge in [0.1, 0.15) is 4.88 Å². The lowest BCUT2D eigenvalue weighted by Crippen LogP contribution is -2.35. The molecule has 0 aromatic carbocycles. The second-order valence-electron chi connectivity index (χ2n) is 4.55. The normalized spacial score (nSPS) is 17.1. The van der Waals surface area contributed by atoms with Gasteiger partial charge in [-0.2, -0.15) is 0 Å². The Morgan fingerprint density at radius 3 is 2.76 bits per heavy atom. The van der Waals surface area contributed by atoms with Crippen molar-refractivity contribution in [3.8, 4) is 0 Å². The van der Waals surface area contributed by atoms with E-state index in [1.54, 1.807) is 0 Å². The first-order valence-electron chi connectivity index (χ1n) is 6.09. The number of thiazole rings is 1. The van der Waals surface area contributed by atoms with Crippen molar-refractivity contribution >= 4 is 17.2 Å². The van der Waals surface area contributed by atoms with Gasteiger partial charge in [0, 0.05) is 6.54 Å². The predicted octanol–water partition coefficient (Wildman–Crippen LogP) is 1.49. The molecule has 17 heavy (non-hydrogen) atoms. The Balaban J connectivity index is 1.86. The van der Waals surface area contributed by atoms with Gasteiger partial charge in [0.05, 0.1) is 10.7 Å². The molecule has 0 unspecified atom stereocenters. The lowest BCUT2D eigenvalue weighted by Gasteiger charge is -2.22. The molecule has 0 aliphatic carbocycles. The van der Waals surface area contributed by atoms with E-state index in [9.17, 15) is 4.79 Å². The van der Waals surface area contributed by atoms with Gasteiger partial charge in [-0.15, -0.1) is 11.3 Å². The molecule has 1 aliphatic heterocycles. The Kier molecular flexibility index (Phi) is 4.12. The molecule has 0 saturated carbocycles. The fraction of sp³-hybridized carbons (Fsp3) is 0.667. The topological polar surface area (TPSA) is 54.0 Å².